The molecule has 2 aromatic heterocycles. The van der Waals surface area contributed by atoms with Crippen LogP contribution < -0.4 is 5.32 Å². The van der Waals surface area contributed by atoms with Gasteiger partial charge in [0.25, 0.3) is 5.91 Å². The third kappa shape index (κ3) is 2.21. The van der Waals surface area contributed by atoms with Crippen LogP contribution in [0.4, 0.5) is 5.69 Å². The van der Waals surface area contributed by atoms with Crippen molar-refractivity contribution in [3.63, 3.8) is 0 Å². The van der Waals surface area contributed by atoms with E-state index in [1.165, 1.54) is 0 Å². The highest BCUT2D eigenvalue weighted by Gasteiger charge is 2.27. The molecule has 6 nitrogen and oxygen atoms in total. The van der Waals surface area contributed by atoms with Crippen molar-refractivity contribution in [2.24, 2.45) is 13.0 Å². The minimum Gasteiger partial charge on any atom is -0.360 e. The summed E-state index contributed by atoms with van der Waals surface area (Å²) in [6.07, 6.45) is 4.59. The van der Waals surface area contributed by atoms with E-state index in [-0.39, 0.29) is 5.91 Å². The molecule has 0 bridgehead atoms. The maximum absolute atomic E-state index is 12.3. The number of aryl methyl sites for hydroxylation is 3. The van der Waals surface area contributed by atoms with Crippen LogP contribution in [0.25, 0.3) is 0 Å². The summed E-state index contributed by atoms with van der Waals surface area (Å²) in [6, 6.07) is 0. The largest absolute Gasteiger partial charge is 0.360 e. The van der Waals surface area contributed by atoms with Gasteiger partial charge in [-0.15, -0.1) is 0 Å². The normalized spacial score (nSPS) is 17.9. The maximum Gasteiger partial charge on any atom is 0.278 e. The van der Waals surface area contributed by atoms with E-state index in [0.717, 1.165) is 36.3 Å². The third-order valence-electron chi connectivity index (χ3n) is 3.76. The van der Waals surface area contributed by atoms with Crippen LogP contribution in [0.15, 0.2) is 10.7 Å². The minimum absolute atomic E-state index is 0.222. The Morgan fingerprint density at radius 1 is 1.55 bits per heavy atom. The lowest BCUT2D eigenvalue weighted by Gasteiger charge is -2.16. The monoisotopic (exact) mass is 274 g/mol. The van der Waals surface area contributed by atoms with Gasteiger partial charge in [-0.3, -0.25) is 9.48 Å². The number of anilines is 1. The van der Waals surface area contributed by atoms with Crippen LogP contribution in [0.1, 0.15) is 40.9 Å². The molecule has 1 aliphatic carbocycles. The molecule has 0 saturated heterocycles. The van der Waals surface area contributed by atoms with Crippen molar-refractivity contribution in [1.29, 1.82) is 0 Å². The number of fused-ring (bicyclic) bond motifs is 1. The molecule has 0 fully saturated rings. The molecule has 1 unspecified atom stereocenters. The lowest BCUT2D eigenvalue weighted by Crippen LogP contribution is -2.18. The number of nitrogens with one attached hydrogen (secondary N) is 1. The molecule has 2 aromatic rings. The number of carbonyl (C=O) groups is 1. The Labute approximate surface area is 117 Å². The van der Waals surface area contributed by atoms with E-state index < -0.39 is 0 Å². The Kier molecular flexibility index (Phi) is 3.08. The molecule has 1 aliphatic rings. The van der Waals surface area contributed by atoms with Crippen molar-refractivity contribution < 1.29 is 9.32 Å². The Balaban J connectivity index is 1.85. The van der Waals surface area contributed by atoms with Crippen LogP contribution in [-0.2, 0) is 19.9 Å². The van der Waals surface area contributed by atoms with Crippen molar-refractivity contribution in [3.05, 3.63) is 28.9 Å². The van der Waals surface area contributed by atoms with Gasteiger partial charge < -0.3 is 9.84 Å². The number of hydrogen-bond donors (Lipinski definition) is 1. The fourth-order valence-corrected chi connectivity index (χ4v) is 2.66. The van der Waals surface area contributed by atoms with Gasteiger partial charge in [-0.25, -0.2) is 0 Å². The summed E-state index contributed by atoms with van der Waals surface area (Å²) >= 11 is 0. The van der Waals surface area contributed by atoms with Gasteiger partial charge in [0.2, 0.25) is 0 Å². The molecule has 0 aliphatic heterocycles. The minimum atomic E-state index is -0.222. The van der Waals surface area contributed by atoms with Crippen LogP contribution in [0.5, 0.6) is 0 Å². The average Bonchev–Trinajstić information content (AvgIpc) is 2.93. The lowest BCUT2D eigenvalue weighted by molar-refractivity contribution is 0.101. The summed E-state index contributed by atoms with van der Waals surface area (Å²) in [5, 5.41) is 11.0. The highest BCUT2D eigenvalue weighted by atomic mass is 16.5. The first-order valence-corrected chi connectivity index (χ1v) is 6.83. The topological polar surface area (TPSA) is 73.0 Å². The van der Waals surface area contributed by atoms with Crippen LogP contribution in [0, 0.1) is 12.8 Å². The predicted molar refractivity (Wildman–Crippen MR) is 73.6 cm³/mol. The molecule has 20 heavy (non-hydrogen) atoms. The third-order valence-corrected chi connectivity index (χ3v) is 3.76. The van der Waals surface area contributed by atoms with Crippen molar-refractivity contribution >= 4 is 11.6 Å². The number of aromatic nitrogens is 3. The molecule has 106 valence electrons. The van der Waals surface area contributed by atoms with E-state index in [1.54, 1.807) is 10.9 Å². The second-order valence-electron chi connectivity index (χ2n) is 5.54. The van der Waals surface area contributed by atoms with Crippen molar-refractivity contribution in [2.45, 2.75) is 33.1 Å². The number of amides is 1. The molecule has 2 heterocycles. The zero-order valence-electron chi connectivity index (χ0n) is 11.9. The Hall–Kier alpha value is -2.11. The lowest BCUT2D eigenvalue weighted by atomic mass is 9.88. The quantitative estimate of drug-likeness (QED) is 0.910. The highest BCUT2D eigenvalue weighted by molar-refractivity contribution is 6.04. The van der Waals surface area contributed by atoms with E-state index >= 15 is 0 Å². The molecule has 0 spiro atoms. The zero-order valence-corrected chi connectivity index (χ0v) is 11.9. The molecule has 3 rings (SSSR count). The Morgan fingerprint density at radius 3 is 3.05 bits per heavy atom. The van der Waals surface area contributed by atoms with E-state index in [9.17, 15) is 4.79 Å². The second kappa shape index (κ2) is 4.77. The molecule has 0 saturated carbocycles. The SMILES string of the molecule is Cc1nn(C)cc1NC(=O)c1noc2c1CC(C)CC2. The fraction of sp³-hybridized carbons (Fsp3) is 0.500. The smallest absolute Gasteiger partial charge is 0.278 e. The first-order chi connectivity index (χ1) is 9.54. The first kappa shape index (κ1) is 12.9. The number of carbonyl (C=O) groups excluding carboxylic acids is 1. The van der Waals surface area contributed by atoms with E-state index in [0.29, 0.717) is 17.3 Å². The summed E-state index contributed by atoms with van der Waals surface area (Å²) < 4.78 is 6.97. The van der Waals surface area contributed by atoms with Gasteiger partial charge in [0, 0.05) is 25.2 Å². The Morgan fingerprint density at radius 2 is 2.35 bits per heavy atom. The van der Waals surface area contributed by atoms with E-state index in [2.05, 4.69) is 22.5 Å². The summed E-state index contributed by atoms with van der Waals surface area (Å²) in [4.78, 5) is 12.3. The number of nitrogens with zero attached hydrogens (tertiary/aromatic N) is 3. The average molecular weight is 274 g/mol. The number of rotatable bonds is 2. The van der Waals surface area contributed by atoms with Crippen LogP contribution in [0.2, 0.25) is 0 Å². The van der Waals surface area contributed by atoms with Gasteiger partial charge in [-0.2, -0.15) is 5.10 Å². The zero-order chi connectivity index (χ0) is 14.3. The van der Waals surface area contributed by atoms with Crippen molar-refractivity contribution in [3.8, 4) is 0 Å². The summed E-state index contributed by atoms with van der Waals surface area (Å²) in [5.41, 5.74) is 2.86. The van der Waals surface area contributed by atoms with E-state index in [1.807, 2.05) is 14.0 Å². The fourth-order valence-electron chi connectivity index (χ4n) is 2.66. The molecular weight excluding hydrogens is 256 g/mol. The van der Waals surface area contributed by atoms with Gasteiger partial charge in [0.05, 0.1) is 11.4 Å². The molecular formula is C14H18N4O2. The molecule has 1 atom stereocenters. The van der Waals surface area contributed by atoms with Crippen LogP contribution >= 0.6 is 0 Å². The predicted octanol–water partition coefficient (Wildman–Crippen LogP) is 2.09. The summed E-state index contributed by atoms with van der Waals surface area (Å²) in [7, 11) is 1.82. The highest BCUT2D eigenvalue weighted by Crippen LogP contribution is 2.28. The van der Waals surface area contributed by atoms with Crippen molar-refractivity contribution in [1.82, 2.24) is 14.9 Å². The molecule has 6 heteroatoms. The van der Waals surface area contributed by atoms with Crippen molar-refractivity contribution in [2.75, 3.05) is 5.32 Å². The van der Waals surface area contributed by atoms with Gasteiger partial charge in [-0.05, 0) is 25.7 Å². The summed E-state index contributed by atoms with van der Waals surface area (Å²) in [5.74, 6) is 1.20. The van der Waals surface area contributed by atoms with E-state index in [4.69, 9.17) is 4.52 Å². The first-order valence-electron chi connectivity index (χ1n) is 6.83. The standard InChI is InChI=1S/C14H18N4O2/c1-8-4-5-12-10(6-8)13(17-20-12)14(19)15-11-7-18(3)16-9(11)2/h7-8H,4-6H2,1-3H3,(H,15,19). The maximum atomic E-state index is 12.3. The summed E-state index contributed by atoms with van der Waals surface area (Å²) in [6.45, 7) is 4.04. The van der Waals surface area contributed by atoms with Gasteiger partial charge in [0.15, 0.2) is 5.69 Å². The van der Waals surface area contributed by atoms with Crippen LogP contribution in [-0.4, -0.2) is 20.8 Å². The second-order valence-corrected chi connectivity index (χ2v) is 5.54. The number of hydrogen-bond acceptors (Lipinski definition) is 4. The van der Waals surface area contributed by atoms with Crippen LogP contribution in [0.3, 0.4) is 0 Å². The molecule has 1 N–H and O–H groups in total. The molecule has 0 radical (unpaired) electrons. The Bertz CT molecular complexity index is 656. The van der Waals surface area contributed by atoms with Gasteiger partial charge in [-0.1, -0.05) is 12.1 Å². The molecule has 0 aromatic carbocycles. The molecule has 1 amide bonds. The van der Waals surface area contributed by atoms with Gasteiger partial charge in [0.1, 0.15) is 5.76 Å². The van der Waals surface area contributed by atoms with Gasteiger partial charge >= 0.3 is 0 Å².